The minimum absolute atomic E-state index is 0.0579. The van der Waals surface area contributed by atoms with Crippen molar-refractivity contribution in [3.8, 4) is 0 Å². The number of carbonyl (C=O) groups excluding carboxylic acids is 1. The summed E-state index contributed by atoms with van der Waals surface area (Å²) in [6, 6.07) is 0. The normalized spacial score (nSPS) is 32.8. The van der Waals surface area contributed by atoms with Gasteiger partial charge in [-0.15, -0.1) is 0 Å². The summed E-state index contributed by atoms with van der Waals surface area (Å²) in [4.78, 5) is 12.8. The van der Waals surface area contributed by atoms with Crippen molar-refractivity contribution in [3.05, 3.63) is 23.8 Å². The Morgan fingerprint density at radius 2 is 1.46 bits per heavy atom. The highest BCUT2D eigenvalue weighted by Crippen LogP contribution is 2.67. The molecule has 0 amide bonds. The van der Waals surface area contributed by atoms with Gasteiger partial charge in [0.05, 0.1) is 0 Å². The van der Waals surface area contributed by atoms with E-state index in [0.717, 1.165) is 48.9 Å². The lowest BCUT2D eigenvalue weighted by Crippen LogP contribution is -2.51. The maximum Gasteiger partial charge on any atom is 0.306 e. The molecule has 3 saturated carbocycles. The summed E-state index contributed by atoms with van der Waals surface area (Å²) in [5.74, 6) is 4.91. The Balaban J connectivity index is 1.15. The lowest BCUT2D eigenvalue weighted by Gasteiger charge is -2.58. The van der Waals surface area contributed by atoms with Crippen molar-refractivity contribution in [1.82, 2.24) is 0 Å². The second kappa shape index (κ2) is 18.1. The quantitative estimate of drug-likeness (QED) is 0.0755. The van der Waals surface area contributed by atoms with Gasteiger partial charge in [0.2, 0.25) is 0 Å². The van der Waals surface area contributed by atoms with E-state index < -0.39 is 0 Å². The number of ether oxygens (including phenoxy) is 1. The predicted molar refractivity (Wildman–Crippen MR) is 198 cm³/mol. The van der Waals surface area contributed by atoms with Crippen LogP contribution in [0.4, 0.5) is 0 Å². The SMILES string of the molecule is C=C(CC[C@@H](C)[C@H]1CC[C@H]2[C@@H]3CC=C4C[C@@H](OC(=O)CCCCCCCCCCCCCCC)CC[C@]4(C)[C@H]3CC[C@]12C)C(C)C. The van der Waals surface area contributed by atoms with Gasteiger partial charge in [-0.05, 0) is 111 Å². The van der Waals surface area contributed by atoms with E-state index in [4.69, 9.17) is 4.74 Å². The van der Waals surface area contributed by atoms with Gasteiger partial charge in [-0.2, -0.15) is 0 Å². The molecule has 0 saturated heterocycles. The highest BCUT2D eigenvalue weighted by molar-refractivity contribution is 5.69. The Hall–Kier alpha value is -1.05. The van der Waals surface area contributed by atoms with Crippen LogP contribution >= 0.6 is 0 Å². The number of esters is 1. The van der Waals surface area contributed by atoms with E-state index in [2.05, 4.69) is 54.2 Å². The average Bonchev–Trinajstić information content (AvgIpc) is 3.39. The molecule has 4 aliphatic rings. The van der Waals surface area contributed by atoms with Crippen molar-refractivity contribution < 1.29 is 9.53 Å². The minimum atomic E-state index is 0.0579. The molecule has 0 radical (unpaired) electrons. The minimum Gasteiger partial charge on any atom is -0.462 e. The van der Waals surface area contributed by atoms with Crippen molar-refractivity contribution in [3.63, 3.8) is 0 Å². The molecule has 8 atom stereocenters. The van der Waals surface area contributed by atoms with E-state index in [0.29, 0.717) is 23.2 Å². The summed E-state index contributed by atoms with van der Waals surface area (Å²) in [7, 11) is 0. The molecule has 0 aromatic carbocycles. The largest absolute Gasteiger partial charge is 0.462 e. The van der Waals surface area contributed by atoms with E-state index in [-0.39, 0.29) is 12.1 Å². The van der Waals surface area contributed by atoms with Crippen molar-refractivity contribution in [2.75, 3.05) is 0 Å². The van der Waals surface area contributed by atoms with Gasteiger partial charge in [-0.1, -0.05) is 142 Å². The van der Waals surface area contributed by atoms with Gasteiger partial charge < -0.3 is 4.74 Å². The van der Waals surface area contributed by atoms with Crippen LogP contribution in [-0.4, -0.2) is 12.1 Å². The fourth-order valence-corrected chi connectivity index (χ4v) is 11.1. The summed E-state index contributed by atoms with van der Waals surface area (Å²) < 4.78 is 6.12. The van der Waals surface area contributed by atoms with Gasteiger partial charge >= 0.3 is 5.97 Å². The Kier molecular flexibility index (Phi) is 14.8. The van der Waals surface area contributed by atoms with Crippen molar-refractivity contribution in [2.45, 2.75) is 202 Å². The average molecular weight is 637 g/mol. The summed E-state index contributed by atoms with van der Waals surface area (Å²) >= 11 is 0. The first-order valence-electron chi connectivity index (χ1n) is 20.7. The van der Waals surface area contributed by atoms with Gasteiger partial charge in [0.15, 0.2) is 0 Å². The van der Waals surface area contributed by atoms with Crippen LogP contribution < -0.4 is 0 Å². The lowest BCUT2D eigenvalue weighted by molar-refractivity contribution is -0.151. The van der Waals surface area contributed by atoms with Crippen LogP contribution in [0.25, 0.3) is 0 Å². The first kappa shape index (κ1) is 37.8. The summed E-state index contributed by atoms with van der Waals surface area (Å²) in [5, 5.41) is 0. The number of carbonyl (C=O) groups is 1. The van der Waals surface area contributed by atoms with Crippen LogP contribution in [0, 0.1) is 46.3 Å². The summed E-state index contributed by atoms with van der Waals surface area (Å²) in [6.07, 6.45) is 33.5. The Morgan fingerprint density at radius 3 is 2.09 bits per heavy atom. The molecule has 0 aliphatic heterocycles. The Labute approximate surface area is 286 Å². The zero-order valence-electron chi connectivity index (χ0n) is 31.6. The van der Waals surface area contributed by atoms with Crippen molar-refractivity contribution >= 4 is 5.97 Å². The van der Waals surface area contributed by atoms with Crippen LogP contribution in [0.15, 0.2) is 23.8 Å². The summed E-state index contributed by atoms with van der Waals surface area (Å²) in [5.41, 5.74) is 3.91. The molecule has 0 bridgehead atoms. The number of allylic oxidation sites excluding steroid dienone is 2. The van der Waals surface area contributed by atoms with Gasteiger partial charge in [0.25, 0.3) is 0 Å². The number of fused-ring (bicyclic) bond motifs is 5. The molecule has 2 heteroatoms. The van der Waals surface area contributed by atoms with Crippen LogP contribution in [-0.2, 0) is 9.53 Å². The maximum atomic E-state index is 12.8. The van der Waals surface area contributed by atoms with E-state index in [9.17, 15) is 4.79 Å². The highest BCUT2D eigenvalue weighted by atomic mass is 16.5. The Morgan fingerprint density at radius 1 is 0.826 bits per heavy atom. The number of rotatable bonds is 20. The molecule has 264 valence electrons. The Bertz CT molecular complexity index is 976. The molecule has 0 unspecified atom stereocenters. The maximum absolute atomic E-state index is 12.8. The molecule has 0 aromatic heterocycles. The topological polar surface area (TPSA) is 26.3 Å². The molecule has 0 N–H and O–H groups in total. The van der Waals surface area contributed by atoms with Crippen LogP contribution in [0.2, 0.25) is 0 Å². The molecular formula is C44H76O2. The zero-order valence-corrected chi connectivity index (χ0v) is 31.6. The smallest absolute Gasteiger partial charge is 0.306 e. The van der Waals surface area contributed by atoms with Crippen LogP contribution in [0.5, 0.6) is 0 Å². The predicted octanol–water partition coefficient (Wildman–Crippen LogP) is 13.6. The molecule has 3 fully saturated rings. The van der Waals surface area contributed by atoms with Crippen molar-refractivity contribution in [2.24, 2.45) is 46.3 Å². The van der Waals surface area contributed by atoms with Crippen LogP contribution in [0.1, 0.15) is 196 Å². The molecule has 0 heterocycles. The second-order valence-corrected chi connectivity index (χ2v) is 17.7. The molecular weight excluding hydrogens is 560 g/mol. The fraction of sp³-hybridized carbons (Fsp3) is 0.886. The number of hydrogen-bond acceptors (Lipinski definition) is 2. The molecule has 46 heavy (non-hydrogen) atoms. The molecule has 0 spiro atoms. The van der Waals surface area contributed by atoms with E-state index in [1.54, 1.807) is 5.57 Å². The molecule has 2 nitrogen and oxygen atoms in total. The third kappa shape index (κ3) is 9.55. The molecule has 4 aliphatic carbocycles. The third-order valence-electron chi connectivity index (χ3n) is 14.3. The van der Waals surface area contributed by atoms with E-state index >= 15 is 0 Å². The second-order valence-electron chi connectivity index (χ2n) is 17.7. The van der Waals surface area contributed by atoms with Gasteiger partial charge in [0, 0.05) is 12.8 Å². The van der Waals surface area contributed by atoms with Crippen LogP contribution in [0.3, 0.4) is 0 Å². The third-order valence-corrected chi connectivity index (χ3v) is 14.3. The zero-order chi connectivity index (χ0) is 33.2. The number of unbranched alkanes of at least 4 members (excludes halogenated alkanes) is 12. The molecule has 4 rings (SSSR count). The first-order valence-corrected chi connectivity index (χ1v) is 20.7. The standard InChI is InChI=1S/C44H76O2/c1-8-9-10-11-12-13-14-15-16-17-18-19-20-21-42(45)46-37-28-30-43(6)36(32-37)24-25-38-40-27-26-39(44(40,7)31-29-41(38)43)35(5)23-22-34(4)33(2)3/h24,33,35,37-41H,4,8-23,25-32H2,1-3,5-7H3/t35-,37+,38+,39-,40+,41+,43+,44-/m1/s1. The monoisotopic (exact) mass is 637 g/mol. The van der Waals surface area contributed by atoms with Gasteiger partial charge in [0.1, 0.15) is 6.10 Å². The lowest BCUT2D eigenvalue weighted by atomic mass is 9.47. The van der Waals surface area contributed by atoms with Gasteiger partial charge in [-0.3, -0.25) is 4.79 Å². The van der Waals surface area contributed by atoms with Crippen molar-refractivity contribution in [1.29, 1.82) is 0 Å². The fourth-order valence-electron chi connectivity index (χ4n) is 11.1. The highest BCUT2D eigenvalue weighted by Gasteiger charge is 2.59. The number of hydrogen-bond donors (Lipinski definition) is 0. The van der Waals surface area contributed by atoms with Gasteiger partial charge in [-0.25, -0.2) is 0 Å². The summed E-state index contributed by atoms with van der Waals surface area (Å²) in [6.45, 7) is 19.1. The molecule has 0 aromatic rings. The first-order chi connectivity index (χ1) is 22.1. The van der Waals surface area contributed by atoms with E-state index in [1.165, 1.54) is 134 Å². The van der Waals surface area contributed by atoms with E-state index in [1.807, 2.05) is 0 Å².